The lowest BCUT2D eigenvalue weighted by molar-refractivity contribution is 0.328. The van der Waals surface area contributed by atoms with E-state index in [2.05, 4.69) is 70.7 Å². The standard InChI is InChI=1S/C21H23N3/c1-16-5-7-17(8-6-16)14-24-12-10-19(15-24)23-21-4-2-3-18-13-22-11-9-20(18)21/h2-9,11,13,19,23H,10,12,14-15H2,1H3/t19-/m0/s1. The van der Waals surface area contributed by atoms with Crippen LogP contribution >= 0.6 is 0 Å². The number of aryl methyl sites for hydroxylation is 1. The van der Waals surface area contributed by atoms with Crippen LogP contribution in [0.3, 0.4) is 0 Å². The van der Waals surface area contributed by atoms with Gasteiger partial charge in [0.2, 0.25) is 0 Å². The highest BCUT2D eigenvalue weighted by Gasteiger charge is 2.22. The molecule has 2 heterocycles. The fourth-order valence-corrected chi connectivity index (χ4v) is 3.51. The molecule has 2 aromatic carbocycles. The molecule has 3 aromatic rings. The molecular formula is C21H23N3. The molecule has 0 saturated carbocycles. The van der Waals surface area contributed by atoms with Crippen LogP contribution in [0.1, 0.15) is 17.5 Å². The first-order valence-corrected chi connectivity index (χ1v) is 8.65. The Bertz CT molecular complexity index is 821. The van der Waals surface area contributed by atoms with Crippen molar-refractivity contribution in [3.8, 4) is 0 Å². The van der Waals surface area contributed by atoms with Crippen molar-refractivity contribution in [2.45, 2.75) is 25.9 Å². The molecule has 1 fully saturated rings. The van der Waals surface area contributed by atoms with Crippen LogP contribution in [0, 0.1) is 6.92 Å². The van der Waals surface area contributed by atoms with Crippen molar-refractivity contribution >= 4 is 16.5 Å². The molecule has 1 N–H and O–H groups in total. The molecule has 0 aliphatic carbocycles. The minimum Gasteiger partial charge on any atom is -0.380 e. The third-order valence-electron chi connectivity index (χ3n) is 4.84. The maximum atomic E-state index is 4.21. The number of pyridine rings is 1. The van der Waals surface area contributed by atoms with E-state index in [0.717, 1.165) is 19.6 Å². The predicted octanol–water partition coefficient (Wildman–Crippen LogP) is 4.23. The number of nitrogens with zero attached hydrogens (tertiary/aromatic N) is 2. The fourth-order valence-electron chi connectivity index (χ4n) is 3.51. The highest BCUT2D eigenvalue weighted by Crippen LogP contribution is 2.25. The molecule has 1 aromatic heterocycles. The maximum Gasteiger partial charge on any atom is 0.0423 e. The largest absolute Gasteiger partial charge is 0.380 e. The number of nitrogens with one attached hydrogen (secondary N) is 1. The van der Waals surface area contributed by atoms with Crippen molar-refractivity contribution in [3.63, 3.8) is 0 Å². The summed E-state index contributed by atoms with van der Waals surface area (Å²) in [4.78, 5) is 6.75. The van der Waals surface area contributed by atoms with Gasteiger partial charge in [-0.05, 0) is 31.0 Å². The molecule has 1 aliphatic heterocycles. The van der Waals surface area contributed by atoms with Crippen LogP contribution in [0.5, 0.6) is 0 Å². The van der Waals surface area contributed by atoms with Gasteiger partial charge in [0.1, 0.15) is 0 Å². The van der Waals surface area contributed by atoms with Gasteiger partial charge >= 0.3 is 0 Å². The number of hydrogen-bond donors (Lipinski definition) is 1. The van der Waals surface area contributed by atoms with Crippen LogP contribution < -0.4 is 5.32 Å². The number of anilines is 1. The highest BCUT2D eigenvalue weighted by molar-refractivity contribution is 5.93. The Morgan fingerprint density at radius 3 is 2.88 bits per heavy atom. The summed E-state index contributed by atoms with van der Waals surface area (Å²) in [5.41, 5.74) is 3.94. The van der Waals surface area contributed by atoms with Crippen molar-refractivity contribution in [2.24, 2.45) is 0 Å². The van der Waals surface area contributed by atoms with E-state index in [4.69, 9.17) is 0 Å². The molecule has 0 amide bonds. The number of fused-ring (bicyclic) bond motifs is 1. The summed E-state index contributed by atoms with van der Waals surface area (Å²) < 4.78 is 0. The number of rotatable bonds is 4. The minimum absolute atomic E-state index is 0.509. The number of likely N-dealkylation sites (tertiary alicyclic amines) is 1. The Morgan fingerprint density at radius 1 is 1.12 bits per heavy atom. The summed E-state index contributed by atoms with van der Waals surface area (Å²) in [6, 6.07) is 17.9. The second-order valence-electron chi connectivity index (χ2n) is 6.75. The van der Waals surface area contributed by atoms with E-state index in [1.165, 1.54) is 34.0 Å². The van der Waals surface area contributed by atoms with Gasteiger partial charge in [0.25, 0.3) is 0 Å². The van der Waals surface area contributed by atoms with Crippen molar-refractivity contribution in [1.29, 1.82) is 0 Å². The van der Waals surface area contributed by atoms with E-state index in [-0.39, 0.29) is 0 Å². The predicted molar refractivity (Wildman–Crippen MR) is 100 cm³/mol. The van der Waals surface area contributed by atoms with Crippen molar-refractivity contribution in [1.82, 2.24) is 9.88 Å². The van der Waals surface area contributed by atoms with Crippen molar-refractivity contribution in [3.05, 3.63) is 72.1 Å². The van der Waals surface area contributed by atoms with Crippen LogP contribution in [-0.4, -0.2) is 29.0 Å². The second-order valence-corrected chi connectivity index (χ2v) is 6.75. The maximum absolute atomic E-state index is 4.21. The van der Waals surface area contributed by atoms with Gasteiger partial charge in [-0.1, -0.05) is 42.0 Å². The van der Waals surface area contributed by atoms with Gasteiger partial charge in [-0.25, -0.2) is 0 Å². The molecule has 3 heteroatoms. The molecule has 0 radical (unpaired) electrons. The summed E-state index contributed by atoms with van der Waals surface area (Å²) in [5.74, 6) is 0. The smallest absolute Gasteiger partial charge is 0.0423 e. The minimum atomic E-state index is 0.509. The quantitative estimate of drug-likeness (QED) is 0.780. The summed E-state index contributed by atoms with van der Waals surface area (Å²) in [5, 5.41) is 6.19. The van der Waals surface area contributed by atoms with E-state index in [0.29, 0.717) is 6.04 Å². The highest BCUT2D eigenvalue weighted by atomic mass is 15.2. The van der Waals surface area contributed by atoms with E-state index in [1.54, 1.807) is 0 Å². The molecule has 0 spiro atoms. The van der Waals surface area contributed by atoms with Gasteiger partial charge in [0.05, 0.1) is 0 Å². The van der Waals surface area contributed by atoms with E-state index >= 15 is 0 Å². The monoisotopic (exact) mass is 317 g/mol. The number of hydrogen-bond acceptors (Lipinski definition) is 3. The molecule has 0 unspecified atom stereocenters. The van der Waals surface area contributed by atoms with Crippen LogP contribution in [0.25, 0.3) is 10.8 Å². The van der Waals surface area contributed by atoms with Crippen molar-refractivity contribution in [2.75, 3.05) is 18.4 Å². The van der Waals surface area contributed by atoms with Crippen LogP contribution in [0.4, 0.5) is 5.69 Å². The lowest BCUT2D eigenvalue weighted by Crippen LogP contribution is -2.26. The Hall–Kier alpha value is -2.39. The summed E-state index contributed by atoms with van der Waals surface area (Å²) in [6.07, 6.45) is 4.98. The van der Waals surface area contributed by atoms with E-state index in [1.807, 2.05) is 12.4 Å². The summed E-state index contributed by atoms with van der Waals surface area (Å²) in [6.45, 7) is 5.42. The lowest BCUT2D eigenvalue weighted by atomic mass is 10.1. The van der Waals surface area contributed by atoms with Gasteiger partial charge in [-0.15, -0.1) is 0 Å². The molecular weight excluding hydrogens is 294 g/mol. The van der Waals surface area contributed by atoms with Crippen LogP contribution in [0.2, 0.25) is 0 Å². The van der Waals surface area contributed by atoms with Crippen LogP contribution in [0.15, 0.2) is 60.9 Å². The van der Waals surface area contributed by atoms with Gasteiger partial charge < -0.3 is 5.32 Å². The third-order valence-corrected chi connectivity index (χ3v) is 4.84. The molecule has 122 valence electrons. The Kier molecular flexibility index (Phi) is 4.18. The second kappa shape index (κ2) is 6.62. The molecule has 4 rings (SSSR count). The van der Waals surface area contributed by atoms with E-state index < -0.39 is 0 Å². The molecule has 0 bridgehead atoms. The zero-order valence-corrected chi connectivity index (χ0v) is 14.1. The molecule has 1 saturated heterocycles. The Labute approximate surface area is 143 Å². The topological polar surface area (TPSA) is 28.2 Å². The van der Waals surface area contributed by atoms with Crippen molar-refractivity contribution < 1.29 is 0 Å². The Morgan fingerprint density at radius 2 is 2.00 bits per heavy atom. The number of aromatic nitrogens is 1. The first-order chi connectivity index (χ1) is 11.8. The molecule has 1 aliphatic rings. The average molecular weight is 317 g/mol. The van der Waals surface area contributed by atoms with Gasteiger partial charge in [-0.3, -0.25) is 9.88 Å². The van der Waals surface area contributed by atoms with Gasteiger partial charge in [0.15, 0.2) is 0 Å². The zero-order chi connectivity index (χ0) is 16.4. The van der Waals surface area contributed by atoms with Crippen LogP contribution in [-0.2, 0) is 6.54 Å². The molecule has 24 heavy (non-hydrogen) atoms. The van der Waals surface area contributed by atoms with E-state index in [9.17, 15) is 0 Å². The zero-order valence-electron chi connectivity index (χ0n) is 14.1. The number of benzene rings is 2. The first kappa shape index (κ1) is 15.2. The molecule has 3 nitrogen and oxygen atoms in total. The van der Waals surface area contributed by atoms with Gasteiger partial charge in [0, 0.05) is 54.5 Å². The first-order valence-electron chi connectivity index (χ1n) is 8.65. The summed E-state index contributed by atoms with van der Waals surface area (Å²) >= 11 is 0. The van der Waals surface area contributed by atoms with Gasteiger partial charge in [-0.2, -0.15) is 0 Å². The Balaban J connectivity index is 1.42. The summed E-state index contributed by atoms with van der Waals surface area (Å²) in [7, 11) is 0. The SMILES string of the molecule is Cc1ccc(CN2CC[C@H](Nc3cccc4cnccc34)C2)cc1. The lowest BCUT2D eigenvalue weighted by Gasteiger charge is -2.18. The molecule has 1 atom stereocenters. The third kappa shape index (κ3) is 3.26. The average Bonchev–Trinajstić information content (AvgIpc) is 3.04. The fraction of sp³-hybridized carbons (Fsp3) is 0.286. The normalized spacial score (nSPS) is 18.1.